The van der Waals surface area contributed by atoms with E-state index in [9.17, 15) is 14.4 Å². The molecule has 0 spiro atoms. The molecule has 0 aromatic heterocycles. The topological polar surface area (TPSA) is 115 Å². The van der Waals surface area contributed by atoms with E-state index in [1.54, 1.807) is 85.8 Å². The average molecular weight is 704 g/mol. The average Bonchev–Trinajstić information content (AvgIpc) is 2.95. The van der Waals surface area contributed by atoms with E-state index >= 15 is 0 Å². The lowest BCUT2D eigenvalue weighted by Crippen LogP contribution is -2.27. The number of nitrogens with one attached hydrogen (secondary N) is 3. The number of anilines is 3. The molecular weight excluding hydrogens is 666 g/mol. The van der Waals surface area contributed by atoms with Crippen molar-refractivity contribution in [3.8, 4) is 11.5 Å². The van der Waals surface area contributed by atoms with Crippen molar-refractivity contribution in [1.82, 2.24) is 14.7 Å². The molecule has 246 valence electrons. The Morgan fingerprint density at radius 1 is 0.556 bits per heavy atom. The molecule has 0 atom stereocenters. The number of ether oxygens (including phenoxy) is 2. The summed E-state index contributed by atoms with van der Waals surface area (Å²) in [6.07, 6.45) is 0. The minimum atomic E-state index is -0.252. The van der Waals surface area contributed by atoms with Gasteiger partial charge < -0.3 is 40.1 Å². The molecule has 0 saturated carbocycles. The maximum absolute atomic E-state index is 11.4. The molecule has 3 aromatic carbocycles. The third kappa shape index (κ3) is 13.4. The van der Waals surface area contributed by atoms with Crippen molar-refractivity contribution in [1.29, 1.82) is 0 Å². The van der Waals surface area contributed by atoms with Crippen LogP contribution >= 0.6 is 46.4 Å². The van der Waals surface area contributed by atoms with Crippen LogP contribution in [0.25, 0.3) is 0 Å². The first-order valence-electron chi connectivity index (χ1n) is 13.1. The number of rotatable bonds is 5. The molecule has 45 heavy (non-hydrogen) atoms. The van der Waals surface area contributed by atoms with Crippen molar-refractivity contribution in [2.75, 3.05) is 72.5 Å². The fraction of sp³-hybridized carbons (Fsp3) is 0.300. The van der Waals surface area contributed by atoms with Gasteiger partial charge in [-0.05, 0) is 55.0 Å². The molecular formula is C30H38Cl4N6O5. The highest BCUT2D eigenvalue weighted by Crippen LogP contribution is 2.35. The van der Waals surface area contributed by atoms with Crippen molar-refractivity contribution >= 4 is 81.6 Å². The van der Waals surface area contributed by atoms with E-state index in [1.165, 1.54) is 21.8 Å². The summed E-state index contributed by atoms with van der Waals surface area (Å²) in [6.45, 7) is 1.92. The van der Waals surface area contributed by atoms with Gasteiger partial charge in [0.05, 0.1) is 29.3 Å². The number of hydrogen-bond donors (Lipinski definition) is 3. The first-order chi connectivity index (χ1) is 21.0. The van der Waals surface area contributed by atoms with Gasteiger partial charge >= 0.3 is 18.1 Å². The van der Waals surface area contributed by atoms with Gasteiger partial charge in [0.1, 0.15) is 5.75 Å². The number of carbonyl (C=O) groups excluding carboxylic acids is 3. The van der Waals surface area contributed by atoms with Gasteiger partial charge in [-0.1, -0.05) is 52.5 Å². The number of nitrogens with zero attached hydrogens (tertiary/aromatic N) is 3. The van der Waals surface area contributed by atoms with Crippen LogP contribution in [0, 0.1) is 6.92 Å². The number of carbonyl (C=O) groups is 3. The predicted octanol–water partition coefficient (Wildman–Crippen LogP) is 8.28. The van der Waals surface area contributed by atoms with Gasteiger partial charge in [0, 0.05) is 64.4 Å². The van der Waals surface area contributed by atoms with E-state index in [0.29, 0.717) is 48.7 Å². The van der Waals surface area contributed by atoms with Gasteiger partial charge in [-0.3, -0.25) is 0 Å². The molecule has 0 unspecified atom stereocenters. The zero-order valence-electron chi connectivity index (χ0n) is 26.5. The number of benzene rings is 3. The second-order valence-electron chi connectivity index (χ2n) is 9.76. The molecule has 0 aliphatic carbocycles. The van der Waals surface area contributed by atoms with Crippen LogP contribution in [0.15, 0.2) is 48.5 Å². The molecule has 3 aromatic rings. The minimum Gasteiger partial charge on any atom is -0.495 e. The van der Waals surface area contributed by atoms with Gasteiger partial charge in [-0.15, -0.1) is 0 Å². The van der Waals surface area contributed by atoms with Crippen LogP contribution in [0.4, 0.5) is 31.4 Å². The summed E-state index contributed by atoms with van der Waals surface area (Å²) in [5, 5.41) is 9.85. The second-order valence-corrected chi connectivity index (χ2v) is 11.4. The summed E-state index contributed by atoms with van der Waals surface area (Å²) in [5.41, 5.74) is 2.86. The van der Waals surface area contributed by atoms with Gasteiger partial charge in [0.25, 0.3) is 0 Å². The van der Waals surface area contributed by atoms with Crippen LogP contribution < -0.4 is 25.4 Å². The van der Waals surface area contributed by atoms with Crippen molar-refractivity contribution in [3.05, 3.63) is 74.2 Å². The summed E-state index contributed by atoms with van der Waals surface area (Å²) < 4.78 is 9.99. The largest absolute Gasteiger partial charge is 0.495 e. The monoisotopic (exact) mass is 702 g/mol. The molecule has 0 bridgehead atoms. The van der Waals surface area contributed by atoms with Crippen LogP contribution in [-0.2, 0) is 0 Å². The third-order valence-corrected chi connectivity index (χ3v) is 6.76. The summed E-state index contributed by atoms with van der Waals surface area (Å²) in [4.78, 5) is 38.3. The number of halogens is 4. The number of aryl methyl sites for hydroxylation is 1. The van der Waals surface area contributed by atoms with E-state index < -0.39 is 0 Å². The maximum atomic E-state index is 11.4. The molecule has 11 nitrogen and oxygen atoms in total. The Labute approximate surface area is 284 Å². The third-order valence-electron chi connectivity index (χ3n) is 5.50. The Morgan fingerprint density at radius 3 is 1.29 bits per heavy atom. The molecule has 0 aliphatic heterocycles. The van der Waals surface area contributed by atoms with Crippen LogP contribution in [0.3, 0.4) is 0 Å². The Balaban J connectivity index is 0.000000338. The van der Waals surface area contributed by atoms with Crippen LogP contribution in [-0.4, -0.2) is 89.3 Å². The first kappa shape index (κ1) is 39.3. The molecule has 0 radical (unpaired) electrons. The number of urea groups is 3. The van der Waals surface area contributed by atoms with Gasteiger partial charge in [0.2, 0.25) is 0 Å². The van der Waals surface area contributed by atoms with E-state index in [2.05, 4.69) is 16.0 Å². The van der Waals surface area contributed by atoms with Gasteiger partial charge in [-0.2, -0.15) is 0 Å². The molecule has 0 aliphatic rings. The summed E-state index contributed by atoms with van der Waals surface area (Å²) in [7, 11) is 13.0. The van der Waals surface area contributed by atoms with Crippen molar-refractivity contribution in [3.63, 3.8) is 0 Å². The lowest BCUT2D eigenvalue weighted by atomic mass is 10.2. The fourth-order valence-electron chi connectivity index (χ4n) is 2.95. The summed E-state index contributed by atoms with van der Waals surface area (Å²) in [6, 6.07) is 13.0. The van der Waals surface area contributed by atoms with Crippen molar-refractivity contribution in [2.24, 2.45) is 0 Å². The molecule has 3 N–H and O–H groups in total. The zero-order chi connectivity index (χ0) is 34.4. The fourth-order valence-corrected chi connectivity index (χ4v) is 4.03. The molecule has 3 rings (SSSR count). The molecule has 15 heteroatoms. The Hall–Kier alpha value is -3.77. The standard InChI is InChI=1S/C10H12Cl2N2O2.C10H13ClN2O2.C10H13ClN2O/c1-14(2)10(15)13-6-4-7(11)9(16-3)8(12)5-6;1-13(2)10(14)12-7-4-5-9(15-3)8(11)6-7;1-7-4-5-8(6-9(7)11)12-10(14)13(2)3/h4-5H,1-3H3,(H,13,15);4-6H,1-3H3,(H,12,14);4-6H,1-3H3,(H,12,14). The van der Waals surface area contributed by atoms with E-state index in [4.69, 9.17) is 55.9 Å². The molecule has 0 heterocycles. The molecule has 0 fully saturated rings. The van der Waals surface area contributed by atoms with Crippen LogP contribution in [0.2, 0.25) is 20.1 Å². The highest BCUT2D eigenvalue weighted by atomic mass is 35.5. The SMILES string of the molecule is COc1c(Cl)cc(NC(=O)N(C)C)cc1Cl.COc1ccc(NC(=O)N(C)C)cc1Cl.Cc1ccc(NC(=O)N(C)C)cc1Cl. The Morgan fingerprint density at radius 2 is 0.933 bits per heavy atom. The minimum absolute atomic E-state index is 0.162. The summed E-state index contributed by atoms with van der Waals surface area (Å²) in [5.74, 6) is 0.978. The molecule has 6 amide bonds. The number of amides is 6. The van der Waals surface area contributed by atoms with Crippen LogP contribution in [0.5, 0.6) is 11.5 Å². The zero-order valence-corrected chi connectivity index (χ0v) is 29.5. The quantitative estimate of drug-likeness (QED) is 0.247. The van der Waals surface area contributed by atoms with Crippen LogP contribution in [0.1, 0.15) is 5.56 Å². The molecule has 0 saturated heterocycles. The van der Waals surface area contributed by atoms with Gasteiger partial charge in [-0.25, -0.2) is 14.4 Å². The lowest BCUT2D eigenvalue weighted by molar-refractivity contribution is 0.230. The predicted molar refractivity (Wildman–Crippen MR) is 185 cm³/mol. The van der Waals surface area contributed by atoms with E-state index in [-0.39, 0.29) is 18.1 Å². The number of methoxy groups -OCH3 is 2. The second kappa shape index (κ2) is 18.9. The smallest absolute Gasteiger partial charge is 0.321 e. The number of hydrogen-bond acceptors (Lipinski definition) is 5. The first-order valence-corrected chi connectivity index (χ1v) is 14.6. The Kier molecular flexibility index (Phi) is 16.5. The highest BCUT2D eigenvalue weighted by Gasteiger charge is 2.11. The van der Waals surface area contributed by atoms with Gasteiger partial charge in [0.15, 0.2) is 5.75 Å². The highest BCUT2D eigenvalue weighted by molar-refractivity contribution is 6.37. The van der Waals surface area contributed by atoms with Crippen molar-refractivity contribution in [2.45, 2.75) is 6.92 Å². The normalized spacial score (nSPS) is 9.71. The lowest BCUT2D eigenvalue weighted by Gasteiger charge is -2.13. The van der Waals surface area contributed by atoms with Crippen molar-refractivity contribution < 1.29 is 23.9 Å². The van der Waals surface area contributed by atoms with E-state index in [0.717, 1.165) is 5.56 Å². The summed E-state index contributed by atoms with van der Waals surface area (Å²) >= 11 is 23.7. The van der Waals surface area contributed by atoms with E-state index in [1.807, 2.05) is 19.1 Å². The maximum Gasteiger partial charge on any atom is 0.321 e. The Bertz CT molecular complexity index is 1450.